The molecule has 1 N–H and O–H groups in total. The van der Waals surface area contributed by atoms with Crippen molar-refractivity contribution in [2.24, 2.45) is 5.92 Å². The first kappa shape index (κ1) is 28.6. The summed E-state index contributed by atoms with van der Waals surface area (Å²) in [7, 11) is 1.09. The number of amides is 1. The highest BCUT2D eigenvalue weighted by Crippen LogP contribution is 2.32. The van der Waals surface area contributed by atoms with Crippen LogP contribution in [0.3, 0.4) is 0 Å². The molecule has 190 valence electrons. The third kappa shape index (κ3) is 9.56. The summed E-state index contributed by atoms with van der Waals surface area (Å²) in [6.45, 7) is 14.3. The van der Waals surface area contributed by atoms with Gasteiger partial charge in [-0.05, 0) is 81.5 Å². The molecule has 3 rings (SSSR count). The molecule has 1 heterocycles. The Morgan fingerprint density at radius 1 is 1.26 bits per heavy atom. The molecule has 1 saturated heterocycles. The van der Waals surface area contributed by atoms with Crippen molar-refractivity contribution in [2.75, 3.05) is 44.8 Å². The third-order valence-electron chi connectivity index (χ3n) is 5.77. The van der Waals surface area contributed by atoms with Gasteiger partial charge in [-0.2, -0.15) is 0 Å². The minimum absolute atomic E-state index is 0.674. The van der Waals surface area contributed by atoms with Crippen LogP contribution in [0.2, 0.25) is 0 Å². The van der Waals surface area contributed by atoms with Gasteiger partial charge in [-0.15, -0.1) is 0 Å². The SMILES string of the molecule is CC/C=C(\NC=O)SC(C)=C(C)C.Cc1cc(S(=O)N2CCOCC2)ccc1N(C)CC1CC1. The Morgan fingerprint density at radius 2 is 1.94 bits per heavy atom. The van der Waals surface area contributed by atoms with E-state index in [4.69, 9.17) is 4.74 Å². The Balaban J connectivity index is 0.000000273. The Kier molecular flexibility index (Phi) is 12.4. The molecule has 2 aliphatic rings. The predicted molar refractivity (Wildman–Crippen MR) is 145 cm³/mol. The Morgan fingerprint density at radius 3 is 2.47 bits per heavy atom. The van der Waals surface area contributed by atoms with Crippen molar-refractivity contribution in [2.45, 2.75) is 58.8 Å². The van der Waals surface area contributed by atoms with Crippen molar-refractivity contribution in [3.05, 3.63) is 45.3 Å². The van der Waals surface area contributed by atoms with Gasteiger partial charge in [-0.25, -0.2) is 8.51 Å². The number of rotatable bonds is 10. The highest BCUT2D eigenvalue weighted by atomic mass is 32.2. The number of hydrogen-bond acceptors (Lipinski definition) is 5. The number of morpholine rings is 1. The van der Waals surface area contributed by atoms with Crippen LogP contribution >= 0.6 is 11.8 Å². The molecule has 2 fully saturated rings. The molecule has 1 aliphatic heterocycles. The zero-order chi connectivity index (χ0) is 25.1. The van der Waals surface area contributed by atoms with E-state index in [9.17, 15) is 9.00 Å². The highest BCUT2D eigenvalue weighted by Gasteiger charge is 2.24. The van der Waals surface area contributed by atoms with E-state index in [1.54, 1.807) is 11.8 Å². The normalized spacial score (nSPS) is 17.3. The molecule has 1 saturated carbocycles. The lowest BCUT2D eigenvalue weighted by Crippen LogP contribution is -2.37. The second-order valence-corrected chi connectivity index (χ2v) is 11.7. The van der Waals surface area contributed by atoms with Gasteiger partial charge in [-0.3, -0.25) is 4.79 Å². The van der Waals surface area contributed by atoms with Crippen molar-refractivity contribution < 1.29 is 13.7 Å². The molecular formula is C26H41N3O3S2. The summed E-state index contributed by atoms with van der Waals surface area (Å²) in [5, 5.41) is 3.59. The molecule has 0 spiro atoms. The molecule has 1 aromatic carbocycles. The van der Waals surface area contributed by atoms with Crippen LogP contribution in [0.15, 0.2) is 44.7 Å². The predicted octanol–water partition coefficient (Wildman–Crippen LogP) is 5.23. The molecule has 1 amide bonds. The number of carbonyl (C=O) groups is 1. The number of nitrogens with zero attached hydrogens (tertiary/aromatic N) is 2. The van der Waals surface area contributed by atoms with E-state index in [2.05, 4.69) is 57.1 Å². The maximum absolute atomic E-state index is 12.6. The zero-order valence-corrected chi connectivity index (χ0v) is 23.2. The van der Waals surface area contributed by atoms with Crippen LogP contribution in [0.25, 0.3) is 0 Å². The standard InChI is InChI=1S/C16H24N2O2S.C10H17NOS/c1-13-11-15(21(19)18-7-9-20-10-8-18)5-6-16(13)17(2)12-14-3-4-14;1-5-6-10(11-7-12)13-9(4)8(2)3/h5-6,11,14H,3-4,7-10,12H2,1-2H3;6-7H,5H2,1-4H3,(H,11,12)/b;10-6+. The number of aryl methyl sites for hydroxylation is 1. The fraction of sp³-hybridized carbons (Fsp3) is 0.577. The van der Waals surface area contributed by atoms with Gasteiger partial charge >= 0.3 is 0 Å². The van der Waals surface area contributed by atoms with Gasteiger partial charge in [0, 0.05) is 32.4 Å². The second-order valence-electron chi connectivity index (χ2n) is 8.96. The van der Waals surface area contributed by atoms with Crippen molar-refractivity contribution in [3.8, 4) is 0 Å². The number of carbonyl (C=O) groups excluding carboxylic acids is 1. The lowest BCUT2D eigenvalue weighted by molar-refractivity contribution is -0.108. The molecule has 8 heteroatoms. The van der Waals surface area contributed by atoms with Crippen molar-refractivity contribution in [3.63, 3.8) is 0 Å². The fourth-order valence-corrected chi connectivity index (χ4v) is 5.58. The van der Waals surface area contributed by atoms with Crippen LogP contribution in [0, 0.1) is 12.8 Å². The lowest BCUT2D eigenvalue weighted by atomic mass is 10.2. The first-order valence-corrected chi connectivity index (χ1v) is 14.0. The van der Waals surface area contributed by atoms with Crippen LogP contribution in [0.5, 0.6) is 0 Å². The summed E-state index contributed by atoms with van der Waals surface area (Å²) in [4.78, 5) is 14.7. The first-order valence-electron chi connectivity index (χ1n) is 12.0. The maximum atomic E-state index is 12.6. The van der Waals surface area contributed by atoms with Gasteiger partial charge in [0.15, 0.2) is 0 Å². The van der Waals surface area contributed by atoms with E-state index < -0.39 is 11.0 Å². The molecule has 1 aromatic rings. The summed E-state index contributed by atoms with van der Waals surface area (Å²) in [5.41, 5.74) is 3.74. The minimum atomic E-state index is -1.07. The van der Waals surface area contributed by atoms with Crippen LogP contribution < -0.4 is 10.2 Å². The van der Waals surface area contributed by atoms with E-state index in [1.165, 1.54) is 34.6 Å². The molecule has 0 aromatic heterocycles. The number of nitrogens with one attached hydrogen (secondary N) is 1. The summed E-state index contributed by atoms with van der Waals surface area (Å²) >= 11 is 1.60. The van der Waals surface area contributed by atoms with Crippen molar-refractivity contribution in [1.82, 2.24) is 9.62 Å². The molecule has 1 aliphatic carbocycles. The summed E-state index contributed by atoms with van der Waals surface area (Å²) in [6, 6.07) is 6.20. The molecule has 1 atom stereocenters. The largest absolute Gasteiger partial charge is 0.379 e. The van der Waals surface area contributed by atoms with Gasteiger partial charge in [0.2, 0.25) is 6.41 Å². The van der Waals surface area contributed by atoms with Crippen molar-refractivity contribution in [1.29, 1.82) is 0 Å². The van der Waals surface area contributed by atoms with Crippen LogP contribution in [0.4, 0.5) is 5.69 Å². The van der Waals surface area contributed by atoms with E-state index in [0.29, 0.717) is 19.6 Å². The summed E-state index contributed by atoms with van der Waals surface area (Å²) in [5.74, 6) is 0.872. The van der Waals surface area contributed by atoms with Gasteiger partial charge in [-0.1, -0.05) is 30.3 Å². The number of benzene rings is 1. The van der Waals surface area contributed by atoms with E-state index in [0.717, 1.165) is 41.9 Å². The smallest absolute Gasteiger partial charge is 0.211 e. The fourth-order valence-electron chi connectivity index (χ4n) is 3.45. The second kappa shape index (κ2) is 14.7. The quantitative estimate of drug-likeness (QED) is 0.440. The lowest BCUT2D eigenvalue weighted by Gasteiger charge is -2.26. The number of anilines is 1. The molecule has 0 radical (unpaired) electrons. The van der Waals surface area contributed by atoms with Crippen molar-refractivity contribution >= 4 is 34.8 Å². The first-order chi connectivity index (χ1) is 16.3. The Bertz CT molecular complexity index is 887. The van der Waals surface area contributed by atoms with Gasteiger partial charge < -0.3 is 15.0 Å². The van der Waals surface area contributed by atoms with Crippen LogP contribution in [0.1, 0.15) is 52.5 Å². The average Bonchev–Trinajstić information content (AvgIpc) is 3.63. The van der Waals surface area contributed by atoms with E-state index in [1.807, 2.05) is 23.4 Å². The monoisotopic (exact) mass is 507 g/mol. The van der Waals surface area contributed by atoms with Crippen LogP contribution in [-0.2, 0) is 20.5 Å². The molecule has 34 heavy (non-hydrogen) atoms. The van der Waals surface area contributed by atoms with Crippen LogP contribution in [-0.4, -0.2) is 54.8 Å². The Hall–Kier alpha value is -1.61. The van der Waals surface area contributed by atoms with Gasteiger partial charge in [0.25, 0.3) is 0 Å². The summed E-state index contributed by atoms with van der Waals surface area (Å²) in [6.07, 6.45) is 6.38. The zero-order valence-electron chi connectivity index (χ0n) is 21.6. The molecular weight excluding hydrogens is 466 g/mol. The van der Waals surface area contributed by atoms with Gasteiger partial charge in [0.05, 0.1) is 23.1 Å². The Labute approximate surface area is 212 Å². The molecule has 0 bridgehead atoms. The number of thioether (sulfide) groups is 1. The number of allylic oxidation sites excluding steroid dienone is 3. The third-order valence-corrected chi connectivity index (χ3v) is 8.48. The topological polar surface area (TPSA) is 61.9 Å². The molecule has 6 nitrogen and oxygen atoms in total. The highest BCUT2D eigenvalue weighted by molar-refractivity contribution is 8.06. The van der Waals surface area contributed by atoms with Gasteiger partial charge in [0.1, 0.15) is 11.0 Å². The molecule has 1 unspecified atom stereocenters. The number of hydrogen-bond donors (Lipinski definition) is 1. The maximum Gasteiger partial charge on any atom is 0.211 e. The number of ether oxygens (including phenoxy) is 1. The van der Waals surface area contributed by atoms with E-state index in [-0.39, 0.29) is 0 Å². The van der Waals surface area contributed by atoms with E-state index >= 15 is 0 Å². The minimum Gasteiger partial charge on any atom is -0.379 e. The summed E-state index contributed by atoms with van der Waals surface area (Å²) < 4.78 is 19.9. The average molecular weight is 508 g/mol.